The van der Waals surface area contributed by atoms with E-state index in [2.05, 4.69) is 14.8 Å². The molecule has 2 N–H and O–H groups in total. The monoisotopic (exact) mass is 415 g/mol. The molecule has 0 aliphatic heterocycles. The number of halogens is 4. The Morgan fingerprint density at radius 1 is 1.18 bits per heavy atom. The predicted octanol–water partition coefficient (Wildman–Crippen LogP) is 4.85. The Morgan fingerprint density at radius 2 is 1.86 bits per heavy atom. The van der Waals surface area contributed by atoms with Crippen molar-refractivity contribution in [3.63, 3.8) is 0 Å². The van der Waals surface area contributed by atoms with Crippen molar-refractivity contribution in [3.05, 3.63) is 59.7 Å². The summed E-state index contributed by atoms with van der Waals surface area (Å²) in [6.45, 7) is 3.85. The number of benzene rings is 2. The highest BCUT2D eigenvalue weighted by Crippen LogP contribution is 2.29. The van der Waals surface area contributed by atoms with Crippen LogP contribution >= 0.6 is 0 Å². The molecule has 0 aliphatic carbocycles. The zero-order chi connectivity index (χ0) is 20.9. The van der Waals surface area contributed by atoms with Crippen molar-refractivity contribution in [1.29, 1.82) is 0 Å². The molecule has 152 valence electrons. The summed E-state index contributed by atoms with van der Waals surface area (Å²) in [6, 6.07) is 11.7. The van der Waals surface area contributed by atoms with Gasteiger partial charge >= 0.3 is 12.5 Å². The third kappa shape index (κ3) is 5.17. The van der Waals surface area contributed by atoms with Gasteiger partial charge in [0.2, 0.25) is 0 Å². The first kappa shape index (κ1) is 22.0. The highest BCUT2D eigenvalue weighted by Gasteiger charge is 2.44. The van der Waals surface area contributed by atoms with E-state index < -0.39 is 29.7 Å². The largest absolute Gasteiger partial charge is 0.704 e. The first-order valence-electron chi connectivity index (χ1n) is 8.37. The first-order chi connectivity index (χ1) is 13.1. The number of rotatable bonds is 8. The number of hydrogen-bond acceptors (Lipinski definition) is 4. The third-order valence-electron chi connectivity index (χ3n) is 4.29. The Labute approximate surface area is 165 Å². The second kappa shape index (κ2) is 8.83. The minimum Gasteiger partial charge on any atom is -0.704 e. The first-order valence-corrected chi connectivity index (χ1v) is 8.78. The third-order valence-corrected chi connectivity index (χ3v) is 4.74. The highest BCUT2D eigenvalue weighted by molar-refractivity contribution is 7.56. The number of anilines is 1. The van der Waals surface area contributed by atoms with Gasteiger partial charge in [-0.1, -0.05) is 25.1 Å². The summed E-state index contributed by atoms with van der Waals surface area (Å²) in [5.74, 6) is -0.992. The van der Waals surface area contributed by atoms with E-state index in [1.165, 1.54) is 12.1 Å². The van der Waals surface area contributed by atoms with Crippen LogP contribution in [0, 0.1) is 0 Å². The Kier molecular flexibility index (Phi) is 6.95. The fourth-order valence-corrected chi connectivity index (χ4v) is 2.64. The molecular formula is C19H19F4N2O2S-. The van der Waals surface area contributed by atoms with E-state index in [1.807, 2.05) is 19.9 Å². The molecule has 0 radical (unpaired) electrons. The minimum atomic E-state index is -4.63. The molecule has 2 aromatic rings. The van der Waals surface area contributed by atoms with Gasteiger partial charge in [-0.25, -0.2) is 0 Å². The highest BCUT2D eigenvalue weighted by atomic mass is 32.1. The second-order valence-corrected chi connectivity index (χ2v) is 6.52. The van der Waals surface area contributed by atoms with Gasteiger partial charge in [0, 0.05) is 22.9 Å². The van der Waals surface area contributed by atoms with E-state index in [1.54, 1.807) is 18.2 Å². The van der Waals surface area contributed by atoms with Crippen molar-refractivity contribution in [2.24, 2.45) is 0 Å². The van der Waals surface area contributed by atoms with Crippen molar-refractivity contribution in [2.45, 2.75) is 38.3 Å². The SMILES string of the molecule is CCC(C)(N[S-])c1cccc(C(=O)Nc2cccc(OC(F)(F)C(F)F)c2)c1. The van der Waals surface area contributed by atoms with E-state index in [4.69, 9.17) is 12.8 Å². The van der Waals surface area contributed by atoms with Crippen LogP contribution in [-0.4, -0.2) is 18.4 Å². The maximum atomic E-state index is 13.0. The Balaban J connectivity index is 2.19. The Hall–Kier alpha value is -2.26. The van der Waals surface area contributed by atoms with Gasteiger partial charge in [-0.15, -0.1) is 0 Å². The summed E-state index contributed by atoms with van der Waals surface area (Å²) in [5.41, 5.74) is 0.760. The van der Waals surface area contributed by atoms with Gasteiger partial charge in [-0.3, -0.25) is 4.79 Å². The molecule has 9 heteroatoms. The number of carbonyl (C=O) groups excluding carboxylic acids is 1. The van der Waals surface area contributed by atoms with Crippen LogP contribution in [0.2, 0.25) is 0 Å². The van der Waals surface area contributed by atoms with Gasteiger partial charge in [0.05, 0.1) is 0 Å². The smallest absolute Gasteiger partial charge is 0.461 e. The Bertz CT molecular complexity index is 829. The lowest BCUT2D eigenvalue weighted by molar-refractivity contribution is -0.253. The standard InChI is InChI=1S/C19H19F4N2O2S/c1-3-18(2,25-28)13-7-4-6-12(10-13)16(26)24-14-8-5-9-15(11-14)27-19(22,23)17(20)21/h4-11,17,25H,3H2,1-2H3,(H,24,26)/q-1. The molecule has 0 saturated heterocycles. The molecule has 2 rings (SSSR count). The lowest BCUT2D eigenvalue weighted by Crippen LogP contribution is -2.35. The maximum absolute atomic E-state index is 13.0. The fourth-order valence-electron chi connectivity index (χ4n) is 2.38. The van der Waals surface area contributed by atoms with Crippen molar-refractivity contribution >= 4 is 24.4 Å². The molecule has 0 spiro atoms. The Morgan fingerprint density at radius 3 is 2.46 bits per heavy atom. The zero-order valence-corrected chi connectivity index (χ0v) is 16.0. The minimum absolute atomic E-state index is 0.123. The maximum Gasteiger partial charge on any atom is 0.461 e. The number of hydrogen-bond donors (Lipinski definition) is 2. The normalized spacial score (nSPS) is 13.9. The van der Waals surface area contributed by atoms with Crippen LogP contribution in [0.15, 0.2) is 48.5 Å². The number of ether oxygens (including phenoxy) is 1. The van der Waals surface area contributed by atoms with Crippen LogP contribution in [0.1, 0.15) is 36.2 Å². The van der Waals surface area contributed by atoms with Crippen molar-refractivity contribution in [1.82, 2.24) is 4.72 Å². The molecule has 2 aromatic carbocycles. The molecule has 0 aliphatic rings. The number of carbonyl (C=O) groups is 1. The molecule has 1 unspecified atom stereocenters. The average molecular weight is 415 g/mol. The van der Waals surface area contributed by atoms with Gasteiger partial charge < -0.3 is 27.6 Å². The number of alkyl halides is 4. The van der Waals surface area contributed by atoms with E-state index in [9.17, 15) is 22.4 Å². The lowest BCUT2D eigenvalue weighted by atomic mass is 9.89. The van der Waals surface area contributed by atoms with Crippen molar-refractivity contribution in [2.75, 3.05) is 5.32 Å². The van der Waals surface area contributed by atoms with Gasteiger partial charge in [-0.05, 0) is 43.2 Å². The molecule has 0 fully saturated rings. The molecule has 28 heavy (non-hydrogen) atoms. The summed E-state index contributed by atoms with van der Waals surface area (Å²) in [7, 11) is 0. The van der Waals surface area contributed by atoms with E-state index in [0.717, 1.165) is 17.7 Å². The van der Waals surface area contributed by atoms with Gasteiger partial charge in [0.15, 0.2) is 0 Å². The molecule has 4 nitrogen and oxygen atoms in total. The summed E-state index contributed by atoms with van der Waals surface area (Å²) < 4.78 is 57.4. The van der Waals surface area contributed by atoms with Gasteiger partial charge in [0.1, 0.15) is 5.75 Å². The van der Waals surface area contributed by atoms with E-state index in [0.29, 0.717) is 12.0 Å². The quantitative estimate of drug-likeness (QED) is 0.478. The molecule has 1 atom stereocenters. The molecule has 0 bridgehead atoms. The average Bonchev–Trinajstić information content (AvgIpc) is 2.67. The number of nitrogens with one attached hydrogen (secondary N) is 2. The van der Waals surface area contributed by atoms with Crippen LogP contribution in [0.4, 0.5) is 23.2 Å². The molecule has 1 amide bonds. The van der Waals surface area contributed by atoms with Gasteiger partial charge in [0.25, 0.3) is 5.91 Å². The van der Waals surface area contributed by atoms with Gasteiger partial charge in [-0.2, -0.15) is 17.6 Å². The predicted molar refractivity (Wildman–Crippen MR) is 101 cm³/mol. The van der Waals surface area contributed by atoms with Crippen molar-refractivity contribution in [3.8, 4) is 5.75 Å². The van der Waals surface area contributed by atoms with Crippen molar-refractivity contribution < 1.29 is 27.1 Å². The summed E-state index contributed by atoms with van der Waals surface area (Å²) in [4.78, 5) is 12.5. The van der Waals surface area contributed by atoms with Crippen LogP contribution < -0.4 is 14.8 Å². The van der Waals surface area contributed by atoms with Crippen LogP contribution in [-0.2, 0) is 18.4 Å². The zero-order valence-electron chi connectivity index (χ0n) is 15.1. The van der Waals surface area contributed by atoms with E-state index >= 15 is 0 Å². The summed E-state index contributed by atoms with van der Waals surface area (Å²) in [6.07, 6.45) is -7.91. The van der Waals surface area contributed by atoms with Crippen LogP contribution in [0.25, 0.3) is 0 Å². The molecule has 0 aromatic heterocycles. The topological polar surface area (TPSA) is 50.4 Å². The van der Waals surface area contributed by atoms with Crippen LogP contribution in [0.5, 0.6) is 5.75 Å². The molecular weight excluding hydrogens is 396 g/mol. The van der Waals surface area contributed by atoms with Crippen LogP contribution in [0.3, 0.4) is 0 Å². The summed E-state index contributed by atoms with van der Waals surface area (Å²) >= 11 is 4.98. The molecule has 0 saturated carbocycles. The fraction of sp³-hybridized carbons (Fsp3) is 0.316. The lowest BCUT2D eigenvalue weighted by Gasteiger charge is -2.35. The second-order valence-electron chi connectivity index (χ2n) is 6.32. The van der Waals surface area contributed by atoms with E-state index in [-0.39, 0.29) is 5.69 Å². The summed E-state index contributed by atoms with van der Waals surface area (Å²) in [5, 5.41) is 2.53. The number of amides is 1. The molecule has 0 heterocycles.